The summed E-state index contributed by atoms with van der Waals surface area (Å²) in [5.74, 6) is 3.02. The van der Waals surface area contributed by atoms with E-state index in [0.717, 1.165) is 155 Å². The first-order valence-corrected chi connectivity index (χ1v) is 36.6. The number of nitriles is 4. The Labute approximate surface area is 644 Å². The summed E-state index contributed by atoms with van der Waals surface area (Å²) >= 11 is 0. The van der Waals surface area contributed by atoms with Crippen molar-refractivity contribution < 1.29 is 0 Å². The van der Waals surface area contributed by atoms with Crippen molar-refractivity contribution in [2.75, 3.05) is 0 Å². The van der Waals surface area contributed by atoms with Gasteiger partial charge in [0.05, 0.1) is 74.3 Å². The molecular weight excluding hydrogens is 1370 g/mol. The van der Waals surface area contributed by atoms with Gasteiger partial charge in [0.25, 0.3) is 0 Å². The molecule has 0 aliphatic carbocycles. The number of benzene rings is 15. The lowest BCUT2D eigenvalue weighted by Gasteiger charge is -2.17. The average molecular weight is 1430 g/mol. The van der Waals surface area contributed by atoms with E-state index in [-0.39, 0.29) is 0 Å². The molecule has 518 valence electrons. The minimum absolute atomic E-state index is 0.460. The van der Waals surface area contributed by atoms with Crippen molar-refractivity contribution in [2.24, 2.45) is 0 Å². The van der Waals surface area contributed by atoms with E-state index >= 15 is 0 Å². The Bertz CT molecular complexity index is 6830. The molecule has 0 amide bonds. The van der Waals surface area contributed by atoms with Crippen LogP contribution >= 0.6 is 0 Å². The van der Waals surface area contributed by atoms with Crippen LogP contribution in [0.3, 0.4) is 0 Å². The van der Waals surface area contributed by atoms with Crippen molar-refractivity contribution >= 4 is 43.6 Å². The van der Waals surface area contributed by atoms with Crippen molar-refractivity contribution in [2.45, 2.75) is 0 Å². The Morgan fingerprint density at radius 1 is 0.188 bits per heavy atom. The van der Waals surface area contributed by atoms with Crippen molar-refractivity contribution in [1.82, 2.24) is 39.0 Å². The van der Waals surface area contributed by atoms with Gasteiger partial charge >= 0.3 is 0 Å². The third-order valence-electron chi connectivity index (χ3n) is 20.7. The van der Waals surface area contributed by atoms with Crippen LogP contribution in [-0.4, -0.2) is 39.0 Å². The highest BCUT2D eigenvalue weighted by Crippen LogP contribution is 2.45. The predicted octanol–water partition coefficient (Wildman–Crippen LogP) is 23.7. The van der Waals surface area contributed by atoms with Crippen molar-refractivity contribution in [3.63, 3.8) is 0 Å². The fourth-order valence-electron chi connectivity index (χ4n) is 15.2. The summed E-state index contributed by atoms with van der Waals surface area (Å²) in [5.41, 5.74) is 23.6. The van der Waals surface area contributed by atoms with Gasteiger partial charge in [0.1, 0.15) is 0 Å². The van der Waals surface area contributed by atoms with Gasteiger partial charge in [-0.05, 0) is 200 Å². The number of aromatic nitrogens is 8. The maximum Gasteiger partial charge on any atom is 0.166 e. The normalized spacial score (nSPS) is 11.2. The standard InChI is InChI=1S/C100H58N12/c101-59-63-18-13-30-71(46-63)77-36-41-90-85(54-77)86-55-78(72-31-14-19-64(47-72)60-102)37-42-91(86)111(90)84-52-82(51-83(53-84)99-107-95(67-22-5-1-6-23-67)105-96(108-99)68-24-7-2-8-25-68)76-35-17-34-75(50-76)81-40-45-94(89(58-81)100-109-97(69-26-9-3-10-27-69)106-98(110-100)70-28-11-4-12-29-70)112-92-43-38-79(73-32-15-20-65(48-73)61-103)56-87(92)88-57-80(39-44-93(88)112)74-33-16-21-66(49-74)62-104/h1-58H. The molecule has 0 spiro atoms. The first-order valence-electron chi connectivity index (χ1n) is 36.6. The molecule has 0 atom stereocenters. The van der Waals surface area contributed by atoms with Crippen LogP contribution < -0.4 is 0 Å². The third kappa shape index (κ3) is 12.5. The highest BCUT2D eigenvalue weighted by Gasteiger charge is 2.25. The lowest BCUT2D eigenvalue weighted by Crippen LogP contribution is -2.04. The van der Waals surface area contributed by atoms with Crippen LogP contribution in [0.1, 0.15) is 22.3 Å². The summed E-state index contributed by atoms with van der Waals surface area (Å²) in [6.07, 6.45) is 0. The molecule has 0 aliphatic rings. The summed E-state index contributed by atoms with van der Waals surface area (Å²) in [6.45, 7) is 0. The highest BCUT2D eigenvalue weighted by atomic mass is 15.1. The summed E-state index contributed by atoms with van der Waals surface area (Å²) in [7, 11) is 0. The van der Waals surface area contributed by atoms with Crippen LogP contribution in [0.2, 0.25) is 0 Å². The first-order chi connectivity index (χ1) is 55.2. The number of fused-ring (bicyclic) bond motifs is 6. The van der Waals surface area contributed by atoms with E-state index in [9.17, 15) is 21.0 Å². The van der Waals surface area contributed by atoms with Crippen LogP contribution in [0.25, 0.3) is 190 Å². The molecule has 12 heteroatoms. The minimum Gasteiger partial charge on any atom is -0.309 e. The quantitative estimate of drug-likeness (QED) is 0.102. The smallest absolute Gasteiger partial charge is 0.166 e. The second-order valence-electron chi connectivity index (χ2n) is 27.5. The van der Waals surface area contributed by atoms with Gasteiger partial charge in [-0.1, -0.05) is 218 Å². The van der Waals surface area contributed by atoms with Crippen LogP contribution in [-0.2, 0) is 0 Å². The molecule has 0 N–H and O–H groups in total. The van der Waals surface area contributed by atoms with E-state index in [1.165, 1.54) is 0 Å². The fraction of sp³-hybridized carbons (Fsp3) is 0. The SMILES string of the molecule is N#Cc1cccc(-c2ccc3c(c2)c2cc(-c4cccc(C#N)c4)ccc2n3-c2cc(-c3cccc(-c4ccc(-n5c6ccc(-c7cccc(C#N)c7)cc6c6cc(-c7cccc(C#N)c7)ccc65)c(-c5nc(-c6ccccc6)nc(-c6ccccc6)n5)c4)c3)cc(-c3nc(-c4ccccc4)nc(-c4ccccc4)n3)c2)c1. The Balaban J connectivity index is 0.842. The molecule has 0 radical (unpaired) electrons. The molecule has 112 heavy (non-hydrogen) atoms. The monoisotopic (exact) mass is 1430 g/mol. The van der Waals surface area contributed by atoms with Gasteiger partial charge in [0, 0.05) is 60.6 Å². The van der Waals surface area contributed by atoms with Crippen molar-refractivity contribution in [3.8, 4) is 171 Å². The van der Waals surface area contributed by atoms with Crippen LogP contribution in [0.15, 0.2) is 352 Å². The summed E-state index contributed by atoms with van der Waals surface area (Å²) in [6, 6.07) is 128. The predicted molar refractivity (Wildman–Crippen MR) is 446 cm³/mol. The Morgan fingerprint density at radius 2 is 0.446 bits per heavy atom. The van der Waals surface area contributed by atoms with Gasteiger partial charge in [-0.25, -0.2) is 29.9 Å². The summed E-state index contributed by atoms with van der Waals surface area (Å²) in [5, 5.41) is 44.2. The molecule has 0 saturated heterocycles. The Hall–Kier alpha value is -16.1. The van der Waals surface area contributed by atoms with Gasteiger partial charge in [0.2, 0.25) is 0 Å². The summed E-state index contributed by atoms with van der Waals surface area (Å²) < 4.78 is 4.61. The van der Waals surface area contributed by atoms with E-state index in [1.54, 1.807) is 0 Å². The maximum atomic E-state index is 10.1. The third-order valence-corrected chi connectivity index (χ3v) is 20.7. The van der Waals surface area contributed by atoms with E-state index < -0.39 is 0 Å². The number of rotatable bonds is 14. The maximum absolute atomic E-state index is 10.1. The molecule has 4 heterocycles. The molecule has 0 bridgehead atoms. The second kappa shape index (κ2) is 28.3. The van der Waals surface area contributed by atoms with Gasteiger partial charge < -0.3 is 9.13 Å². The Kier molecular flexibility index (Phi) is 16.8. The highest BCUT2D eigenvalue weighted by molar-refractivity contribution is 6.14. The first kappa shape index (κ1) is 66.6. The van der Waals surface area contributed by atoms with Crippen LogP contribution in [0, 0.1) is 45.3 Å². The molecule has 0 saturated carbocycles. The van der Waals surface area contributed by atoms with Gasteiger partial charge in [-0.3, -0.25) is 0 Å². The lowest BCUT2D eigenvalue weighted by molar-refractivity contribution is 1.06. The van der Waals surface area contributed by atoms with Crippen LogP contribution in [0.5, 0.6) is 0 Å². The molecule has 15 aromatic carbocycles. The zero-order valence-electron chi connectivity index (χ0n) is 59.9. The number of nitrogens with zero attached hydrogens (tertiary/aromatic N) is 12. The minimum atomic E-state index is 0.460. The average Bonchev–Trinajstić information content (AvgIpc) is 1.57. The zero-order chi connectivity index (χ0) is 75.2. The molecule has 0 fully saturated rings. The molecule has 12 nitrogen and oxygen atoms in total. The van der Waals surface area contributed by atoms with Gasteiger partial charge in [-0.2, -0.15) is 21.0 Å². The van der Waals surface area contributed by atoms with Gasteiger partial charge in [0.15, 0.2) is 34.9 Å². The molecule has 0 aliphatic heterocycles. The van der Waals surface area contributed by atoms with Gasteiger partial charge in [-0.15, -0.1) is 0 Å². The van der Waals surface area contributed by atoms with Crippen LogP contribution in [0.4, 0.5) is 0 Å². The molecule has 19 rings (SSSR count). The topological polar surface area (TPSA) is 182 Å². The van der Waals surface area contributed by atoms with E-state index in [2.05, 4.69) is 167 Å². The Morgan fingerprint density at radius 3 is 0.804 bits per heavy atom. The fourth-order valence-corrected chi connectivity index (χ4v) is 15.2. The second-order valence-corrected chi connectivity index (χ2v) is 27.5. The molecule has 19 aromatic rings. The number of hydrogen-bond acceptors (Lipinski definition) is 10. The van der Waals surface area contributed by atoms with E-state index in [4.69, 9.17) is 29.9 Å². The van der Waals surface area contributed by atoms with Crippen molar-refractivity contribution in [1.29, 1.82) is 21.0 Å². The zero-order valence-corrected chi connectivity index (χ0v) is 59.9. The molecule has 4 aromatic heterocycles. The lowest BCUT2D eigenvalue weighted by atomic mass is 9.95. The molecule has 0 unspecified atom stereocenters. The van der Waals surface area contributed by atoms with E-state index in [0.29, 0.717) is 57.2 Å². The summed E-state index contributed by atoms with van der Waals surface area (Å²) in [4.78, 5) is 32.0. The number of hydrogen-bond donors (Lipinski definition) is 0. The largest absolute Gasteiger partial charge is 0.309 e. The van der Waals surface area contributed by atoms with E-state index in [1.807, 2.05) is 218 Å². The van der Waals surface area contributed by atoms with Crippen molar-refractivity contribution in [3.05, 3.63) is 374 Å². The molecular formula is C100H58N12.